The first kappa shape index (κ1) is 14.1. The largest absolute Gasteiger partial charge is 0.305 e. The van der Waals surface area contributed by atoms with E-state index in [2.05, 4.69) is 10.3 Å². The van der Waals surface area contributed by atoms with Gasteiger partial charge in [0.05, 0.1) is 10.4 Å². The van der Waals surface area contributed by atoms with Crippen LogP contribution in [0.25, 0.3) is 0 Å². The highest BCUT2D eigenvalue weighted by molar-refractivity contribution is 7.89. The summed E-state index contributed by atoms with van der Waals surface area (Å²) in [7, 11) is -3.65. The molecule has 19 heavy (non-hydrogen) atoms. The molecule has 0 radical (unpaired) electrons. The Morgan fingerprint density at radius 1 is 1.47 bits per heavy atom. The van der Waals surface area contributed by atoms with Gasteiger partial charge in [0.25, 0.3) is 0 Å². The fraction of sp³-hybridized carbons (Fsp3) is 0.250. The highest BCUT2D eigenvalue weighted by Gasteiger charge is 2.11. The average Bonchev–Trinajstić information content (AvgIpc) is 2.88. The van der Waals surface area contributed by atoms with Crippen molar-refractivity contribution in [3.63, 3.8) is 0 Å². The van der Waals surface area contributed by atoms with Gasteiger partial charge in [-0.05, 0) is 24.6 Å². The predicted molar refractivity (Wildman–Crippen MR) is 75.2 cm³/mol. The maximum atomic E-state index is 11.3. The molecule has 1 atom stereocenters. The lowest BCUT2D eigenvalue weighted by molar-refractivity contribution is 0.575. The Morgan fingerprint density at radius 2 is 2.26 bits per heavy atom. The van der Waals surface area contributed by atoms with Crippen molar-refractivity contribution in [2.24, 2.45) is 5.14 Å². The Hall–Kier alpha value is -1.28. The SMILES string of the molecule is CC(NCc1cncs1)c1cccc(S(N)(=O)=O)c1. The molecule has 1 heterocycles. The molecule has 7 heteroatoms. The zero-order valence-electron chi connectivity index (χ0n) is 10.4. The van der Waals surface area contributed by atoms with Crippen LogP contribution in [0.3, 0.4) is 0 Å². The van der Waals surface area contributed by atoms with Gasteiger partial charge in [-0.2, -0.15) is 0 Å². The van der Waals surface area contributed by atoms with Crippen LogP contribution in [0, 0.1) is 0 Å². The van der Waals surface area contributed by atoms with Crippen molar-refractivity contribution in [3.05, 3.63) is 46.4 Å². The topological polar surface area (TPSA) is 85.1 Å². The number of aromatic nitrogens is 1. The number of rotatable bonds is 5. The van der Waals surface area contributed by atoms with Crippen LogP contribution in [-0.2, 0) is 16.6 Å². The second-order valence-corrected chi connectivity index (χ2v) is 6.72. The van der Waals surface area contributed by atoms with E-state index in [0.29, 0.717) is 6.54 Å². The van der Waals surface area contributed by atoms with Gasteiger partial charge in [-0.3, -0.25) is 4.98 Å². The maximum Gasteiger partial charge on any atom is 0.238 e. The summed E-state index contributed by atoms with van der Waals surface area (Å²) < 4.78 is 22.6. The third kappa shape index (κ3) is 3.84. The van der Waals surface area contributed by atoms with Crippen LogP contribution in [0.2, 0.25) is 0 Å². The molecule has 5 nitrogen and oxygen atoms in total. The smallest absolute Gasteiger partial charge is 0.238 e. The normalized spacial score (nSPS) is 13.4. The summed E-state index contributed by atoms with van der Waals surface area (Å²) in [5, 5.41) is 8.44. The van der Waals surface area contributed by atoms with Gasteiger partial charge in [-0.25, -0.2) is 13.6 Å². The molecule has 0 aliphatic heterocycles. The Bertz CT molecular complexity index is 639. The van der Waals surface area contributed by atoms with E-state index in [4.69, 9.17) is 5.14 Å². The van der Waals surface area contributed by atoms with Crippen molar-refractivity contribution in [3.8, 4) is 0 Å². The summed E-state index contributed by atoms with van der Waals surface area (Å²) in [4.78, 5) is 5.27. The quantitative estimate of drug-likeness (QED) is 0.878. The molecular weight excluding hydrogens is 282 g/mol. The van der Waals surface area contributed by atoms with Crippen LogP contribution in [0.5, 0.6) is 0 Å². The van der Waals surface area contributed by atoms with Gasteiger partial charge < -0.3 is 5.32 Å². The van der Waals surface area contributed by atoms with Crippen molar-refractivity contribution in [2.45, 2.75) is 24.4 Å². The minimum absolute atomic E-state index is 0.0313. The number of hydrogen-bond acceptors (Lipinski definition) is 5. The molecule has 1 aromatic carbocycles. The van der Waals surface area contributed by atoms with Crippen LogP contribution < -0.4 is 10.5 Å². The number of thiazole rings is 1. The summed E-state index contributed by atoms with van der Waals surface area (Å²) in [5.41, 5.74) is 2.67. The fourth-order valence-corrected chi connectivity index (χ4v) is 2.78. The van der Waals surface area contributed by atoms with Crippen molar-refractivity contribution < 1.29 is 8.42 Å². The van der Waals surface area contributed by atoms with Crippen LogP contribution in [0.1, 0.15) is 23.4 Å². The molecule has 0 fully saturated rings. The van der Waals surface area contributed by atoms with Gasteiger partial charge in [-0.1, -0.05) is 12.1 Å². The van der Waals surface area contributed by atoms with Crippen LogP contribution in [0.4, 0.5) is 0 Å². The Kier molecular flexibility index (Phi) is 4.31. The molecule has 1 unspecified atom stereocenters. The summed E-state index contributed by atoms with van der Waals surface area (Å²) >= 11 is 1.58. The lowest BCUT2D eigenvalue weighted by Gasteiger charge is -2.14. The minimum atomic E-state index is -3.65. The maximum absolute atomic E-state index is 11.3. The van der Waals surface area contributed by atoms with E-state index in [1.54, 1.807) is 29.0 Å². The van der Waals surface area contributed by atoms with Crippen molar-refractivity contribution in [2.75, 3.05) is 0 Å². The second kappa shape index (κ2) is 5.79. The number of sulfonamides is 1. The van der Waals surface area contributed by atoms with Crippen molar-refractivity contribution >= 4 is 21.4 Å². The zero-order chi connectivity index (χ0) is 13.9. The zero-order valence-corrected chi connectivity index (χ0v) is 12.0. The molecule has 3 N–H and O–H groups in total. The minimum Gasteiger partial charge on any atom is -0.305 e. The Morgan fingerprint density at radius 3 is 2.89 bits per heavy atom. The molecule has 1 aromatic heterocycles. The van der Waals surface area contributed by atoms with Crippen molar-refractivity contribution in [1.29, 1.82) is 0 Å². The molecule has 0 saturated carbocycles. The van der Waals surface area contributed by atoms with Gasteiger partial charge >= 0.3 is 0 Å². The third-order valence-corrected chi connectivity index (χ3v) is 4.44. The number of nitrogens with two attached hydrogens (primary N) is 1. The van der Waals surface area contributed by atoms with E-state index < -0.39 is 10.0 Å². The summed E-state index contributed by atoms with van der Waals surface area (Å²) in [6.07, 6.45) is 1.81. The van der Waals surface area contributed by atoms with Gasteiger partial charge in [0.1, 0.15) is 0 Å². The number of nitrogens with one attached hydrogen (secondary N) is 1. The molecule has 0 spiro atoms. The molecule has 102 valence electrons. The number of primary sulfonamides is 1. The van der Waals surface area contributed by atoms with Crippen LogP contribution >= 0.6 is 11.3 Å². The Balaban J connectivity index is 2.09. The molecule has 0 aliphatic carbocycles. The number of hydrogen-bond donors (Lipinski definition) is 2. The van der Waals surface area contributed by atoms with E-state index in [0.717, 1.165) is 10.4 Å². The third-order valence-electron chi connectivity index (χ3n) is 2.75. The number of nitrogens with zero attached hydrogens (tertiary/aromatic N) is 1. The first-order chi connectivity index (χ1) is 8.97. The molecule has 0 saturated heterocycles. The van der Waals surface area contributed by atoms with Crippen LogP contribution in [0.15, 0.2) is 40.9 Å². The lowest BCUT2D eigenvalue weighted by Crippen LogP contribution is -2.18. The Labute approximate surface area is 116 Å². The molecule has 2 aromatic rings. The van der Waals surface area contributed by atoms with Crippen LogP contribution in [-0.4, -0.2) is 13.4 Å². The van der Waals surface area contributed by atoms with Gasteiger partial charge in [-0.15, -0.1) is 11.3 Å². The summed E-state index contributed by atoms with van der Waals surface area (Å²) in [6.45, 7) is 2.68. The van der Waals surface area contributed by atoms with E-state index >= 15 is 0 Å². The molecule has 2 rings (SSSR count). The highest BCUT2D eigenvalue weighted by Crippen LogP contribution is 2.17. The van der Waals surface area contributed by atoms with E-state index in [9.17, 15) is 8.42 Å². The number of benzene rings is 1. The van der Waals surface area contributed by atoms with Crippen molar-refractivity contribution in [1.82, 2.24) is 10.3 Å². The lowest BCUT2D eigenvalue weighted by atomic mass is 10.1. The standard InChI is InChI=1S/C12H15N3O2S2/c1-9(15-7-11-6-14-8-18-11)10-3-2-4-12(5-10)19(13,16)17/h2-6,8-9,15H,7H2,1H3,(H2,13,16,17). The first-order valence-corrected chi connectivity index (χ1v) is 8.13. The predicted octanol–water partition coefficient (Wildman–Crippen LogP) is 1.64. The first-order valence-electron chi connectivity index (χ1n) is 5.70. The summed E-state index contributed by atoms with van der Waals surface area (Å²) in [6, 6.07) is 6.69. The highest BCUT2D eigenvalue weighted by atomic mass is 32.2. The molecule has 0 aliphatic rings. The molecule has 0 bridgehead atoms. The second-order valence-electron chi connectivity index (χ2n) is 4.19. The monoisotopic (exact) mass is 297 g/mol. The molecular formula is C12H15N3O2S2. The fourth-order valence-electron chi connectivity index (χ4n) is 1.66. The van der Waals surface area contributed by atoms with E-state index in [1.807, 2.05) is 19.2 Å². The average molecular weight is 297 g/mol. The van der Waals surface area contributed by atoms with E-state index in [-0.39, 0.29) is 10.9 Å². The summed E-state index contributed by atoms with van der Waals surface area (Å²) in [5.74, 6) is 0. The van der Waals surface area contributed by atoms with E-state index in [1.165, 1.54) is 6.07 Å². The van der Waals surface area contributed by atoms with Gasteiger partial charge in [0.15, 0.2) is 0 Å². The van der Waals surface area contributed by atoms with Gasteiger partial charge in [0.2, 0.25) is 10.0 Å². The van der Waals surface area contributed by atoms with Gasteiger partial charge in [0, 0.05) is 23.7 Å². The molecule has 0 amide bonds.